The lowest BCUT2D eigenvalue weighted by molar-refractivity contribution is -0.131. The van der Waals surface area contributed by atoms with Crippen LogP contribution in [0.2, 0.25) is 25.1 Å². The number of aliphatic carboxylic acids is 1. The van der Waals surface area contributed by atoms with E-state index in [1.165, 1.54) is 6.08 Å². The summed E-state index contributed by atoms with van der Waals surface area (Å²) in [6, 6.07) is 0. The van der Waals surface area contributed by atoms with E-state index in [0.29, 0.717) is 0 Å². The van der Waals surface area contributed by atoms with Crippen molar-refractivity contribution >= 4 is 64.0 Å². The number of allylic oxidation sites excluding steroid dienone is 3. The van der Waals surface area contributed by atoms with Crippen molar-refractivity contribution in [3.63, 3.8) is 0 Å². The average molecular weight is 378 g/mol. The molecule has 0 aliphatic carbocycles. The van der Waals surface area contributed by atoms with Crippen molar-refractivity contribution in [1.82, 2.24) is 0 Å². The highest BCUT2D eigenvalue weighted by atomic mass is 35.5. The summed E-state index contributed by atoms with van der Waals surface area (Å²) >= 11 is 27.9. The van der Waals surface area contributed by atoms with Gasteiger partial charge in [-0.2, -0.15) is 0 Å². The van der Waals surface area contributed by atoms with Crippen molar-refractivity contribution < 1.29 is 15.0 Å². The third kappa shape index (κ3) is 5.81. The second kappa shape index (κ2) is 9.37. The molecule has 0 fully saturated rings. The summed E-state index contributed by atoms with van der Waals surface area (Å²) in [4.78, 5) is 9.75. The highest BCUT2D eigenvalue weighted by Gasteiger charge is 2.18. The molecule has 8 heteroatoms. The van der Waals surface area contributed by atoms with E-state index in [4.69, 9.17) is 63.1 Å². The minimum Gasteiger partial charge on any atom is -0.505 e. The monoisotopic (exact) mass is 376 g/mol. The fourth-order valence-corrected chi connectivity index (χ4v) is 1.97. The van der Waals surface area contributed by atoms with Crippen LogP contribution >= 0.6 is 58.0 Å². The number of phenols is 1. The molecule has 1 rings (SSSR count). The maximum atomic E-state index is 9.75. The SMILES string of the molecule is CC=CC=CC(=O)O.Oc1c(Cl)c(Cl)c(Cl)c(Cl)c1Cl. The zero-order valence-corrected chi connectivity index (χ0v) is 13.8. The number of carboxylic acids is 1. The van der Waals surface area contributed by atoms with Crippen molar-refractivity contribution in [2.24, 2.45) is 0 Å². The van der Waals surface area contributed by atoms with Crippen molar-refractivity contribution in [3.8, 4) is 5.75 Å². The summed E-state index contributed by atoms with van der Waals surface area (Å²) in [5.41, 5.74) is 0. The lowest BCUT2D eigenvalue weighted by Gasteiger charge is -2.06. The number of aromatic hydroxyl groups is 1. The molecule has 0 saturated carbocycles. The van der Waals surface area contributed by atoms with Crippen LogP contribution in [0.25, 0.3) is 0 Å². The molecule has 0 heterocycles. The van der Waals surface area contributed by atoms with Crippen LogP contribution in [0.15, 0.2) is 24.3 Å². The Morgan fingerprint density at radius 1 is 0.900 bits per heavy atom. The molecule has 0 atom stereocenters. The molecule has 3 nitrogen and oxygen atoms in total. The van der Waals surface area contributed by atoms with E-state index in [9.17, 15) is 9.90 Å². The lowest BCUT2D eigenvalue weighted by Crippen LogP contribution is -1.83. The van der Waals surface area contributed by atoms with Gasteiger partial charge in [0.2, 0.25) is 0 Å². The zero-order valence-electron chi connectivity index (χ0n) is 10.0. The summed E-state index contributed by atoms with van der Waals surface area (Å²) in [6.45, 7) is 1.83. The Bertz CT molecular complexity index is 448. The molecule has 0 aliphatic rings. The summed E-state index contributed by atoms with van der Waals surface area (Å²) in [5.74, 6) is -1.28. The Kier molecular flexibility index (Phi) is 9.10. The van der Waals surface area contributed by atoms with E-state index in [0.717, 1.165) is 6.08 Å². The van der Waals surface area contributed by atoms with E-state index in [2.05, 4.69) is 0 Å². The fraction of sp³-hybridized carbons (Fsp3) is 0.0833. The van der Waals surface area contributed by atoms with Crippen LogP contribution in [-0.4, -0.2) is 16.2 Å². The second-order valence-corrected chi connectivity index (χ2v) is 5.03. The van der Waals surface area contributed by atoms with Crippen LogP contribution in [-0.2, 0) is 4.79 Å². The molecular formula is C12H9Cl5O3. The highest BCUT2D eigenvalue weighted by molar-refractivity contribution is 6.55. The summed E-state index contributed by atoms with van der Waals surface area (Å²) in [5, 5.41) is 17.0. The van der Waals surface area contributed by atoms with Crippen LogP contribution in [0, 0.1) is 0 Å². The molecule has 0 radical (unpaired) electrons. The maximum absolute atomic E-state index is 9.75. The molecule has 110 valence electrons. The number of rotatable bonds is 2. The van der Waals surface area contributed by atoms with Gasteiger partial charge in [-0.05, 0) is 6.92 Å². The van der Waals surface area contributed by atoms with Gasteiger partial charge in [0.15, 0.2) is 5.75 Å². The number of halogens is 5. The molecule has 0 unspecified atom stereocenters. The zero-order chi connectivity index (χ0) is 15.9. The van der Waals surface area contributed by atoms with E-state index < -0.39 is 5.97 Å². The Morgan fingerprint density at radius 3 is 1.65 bits per heavy atom. The van der Waals surface area contributed by atoms with Gasteiger partial charge in [-0.3, -0.25) is 0 Å². The first kappa shape index (κ1) is 19.4. The molecule has 0 saturated heterocycles. The van der Waals surface area contributed by atoms with E-state index in [1.807, 2.05) is 6.92 Å². The fourth-order valence-electron chi connectivity index (χ4n) is 0.842. The Labute approximate surface area is 141 Å². The van der Waals surface area contributed by atoms with Gasteiger partial charge in [-0.15, -0.1) is 0 Å². The topological polar surface area (TPSA) is 57.5 Å². The molecule has 0 bridgehead atoms. The molecule has 0 aliphatic heterocycles. The third-order valence-electron chi connectivity index (χ3n) is 1.73. The van der Waals surface area contributed by atoms with Crippen LogP contribution in [0.4, 0.5) is 0 Å². The predicted octanol–water partition coefficient (Wildman–Crippen LogP) is 5.86. The molecule has 0 amide bonds. The van der Waals surface area contributed by atoms with Crippen LogP contribution < -0.4 is 0 Å². The van der Waals surface area contributed by atoms with Gasteiger partial charge in [0.25, 0.3) is 0 Å². The summed E-state index contributed by atoms with van der Waals surface area (Å²) < 4.78 is 0. The molecule has 20 heavy (non-hydrogen) atoms. The van der Waals surface area contributed by atoms with E-state index in [1.54, 1.807) is 12.2 Å². The van der Waals surface area contributed by atoms with Crippen molar-refractivity contribution in [2.45, 2.75) is 6.92 Å². The number of hydrogen-bond acceptors (Lipinski definition) is 2. The van der Waals surface area contributed by atoms with Crippen LogP contribution in [0.3, 0.4) is 0 Å². The van der Waals surface area contributed by atoms with Crippen molar-refractivity contribution in [1.29, 1.82) is 0 Å². The van der Waals surface area contributed by atoms with Gasteiger partial charge in [-0.1, -0.05) is 76.2 Å². The van der Waals surface area contributed by atoms with Gasteiger partial charge in [0, 0.05) is 6.08 Å². The lowest BCUT2D eigenvalue weighted by atomic mass is 10.3. The number of carbonyl (C=O) groups is 1. The van der Waals surface area contributed by atoms with Crippen molar-refractivity contribution in [2.75, 3.05) is 0 Å². The van der Waals surface area contributed by atoms with Gasteiger partial charge in [-0.25, -0.2) is 4.79 Å². The van der Waals surface area contributed by atoms with Gasteiger partial charge < -0.3 is 10.2 Å². The standard InChI is InChI=1S/C6HCl5O.C6H8O2/c7-1-2(8)4(10)6(12)5(11)3(1)9;1-2-3-4-5-6(7)8/h12H;2-5H,1H3,(H,7,8). The van der Waals surface area contributed by atoms with Crippen LogP contribution in [0.1, 0.15) is 6.92 Å². The number of benzene rings is 1. The minimum absolute atomic E-state index is 0.00904. The first-order valence-electron chi connectivity index (χ1n) is 4.96. The van der Waals surface area contributed by atoms with Gasteiger partial charge >= 0.3 is 5.97 Å². The average Bonchev–Trinajstić information content (AvgIpc) is 2.41. The summed E-state index contributed by atoms with van der Waals surface area (Å²) in [6.07, 6.45) is 5.98. The smallest absolute Gasteiger partial charge is 0.328 e. The molecule has 0 aromatic heterocycles. The Hall–Kier alpha value is -0.580. The summed E-state index contributed by atoms with van der Waals surface area (Å²) in [7, 11) is 0. The second-order valence-electron chi connectivity index (χ2n) is 3.14. The molecular weight excluding hydrogens is 369 g/mol. The van der Waals surface area contributed by atoms with E-state index >= 15 is 0 Å². The largest absolute Gasteiger partial charge is 0.505 e. The first-order chi connectivity index (χ1) is 9.23. The predicted molar refractivity (Wildman–Crippen MR) is 84.7 cm³/mol. The molecule has 0 spiro atoms. The first-order valence-corrected chi connectivity index (χ1v) is 6.85. The maximum Gasteiger partial charge on any atom is 0.328 e. The third-order valence-corrected chi connectivity index (χ3v) is 3.99. The van der Waals surface area contributed by atoms with Crippen molar-refractivity contribution in [3.05, 3.63) is 49.4 Å². The Morgan fingerprint density at radius 2 is 1.30 bits per heavy atom. The number of phenolic OH excluding ortho intramolecular Hbond substituents is 1. The van der Waals surface area contributed by atoms with Gasteiger partial charge in [0.1, 0.15) is 10.0 Å². The highest BCUT2D eigenvalue weighted by Crippen LogP contribution is 2.47. The van der Waals surface area contributed by atoms with Gasteiger partial charge in [0.05, 0.1) is 15.1 Å². The normalized spacial score (nSPS) is 10.7. The molecule has 1 aromatic rings. The number of carboxylic acid groups (broad SMARTS) is 1. The Balaban J connectivity index is 0.000000396. The molecule has 2 N–H and O–H groups in total. The molecule has 1 aromatic carbocycles. The van der Waals surface area contributed by atoms with E-state index in [-0.39, 0.29) is 30.9 Å². The quantitative estimate of drug-likeness (QED) is 0.293. The van der Waals surface area contributed by atoms with Crippen LogP contribution in [0.5, 0.6) is 5.75 Å². The minimum atomic E-state index is -0.914. The number of hydrogen-bond donors (Lipinski definition) is 2.